The van der Waals surface area contributed by atoms with Gasteiger partial charge in [0.25, 0.3) is 5.91 Å². The number of aromatic amines is 1. The van der Waals surface area contributed by atoms with Gasteiger partial charge in [-0.1, -0.05) is 30.3 Å². The second kappa shape index (κ2) is 11.4. The highest BCUT2D eigenvalue weighted by molar-refractivity contribution is 5.95. The van der Waals surface area contributed by atoms with Crippen molar-refractivity contribution in [2.45, 2.75) is 24.9 Å². The number of piperidine rings is 1. The summed E-state index contributed by atoms with van der Waals surface area (Å²) in [5.74, 6) is -0.260. The second-order valence-corrected chi connectivity index (χ2v) is 10.4. The minimum atomic E-state index is -0.686. The SMILES string of the molecule is COc1ccc(F)cc1C(NC(=O)c1ccnc(-c2ccc(N3CCC(N)CC3)cc2)c1)c1cc2ccccc2[nH]1. The number of hydrogen-bond acceptors (Lipinski definition) is 5. The van der Waals surface area contributed by atoms with E-state index >= 15 is 0 Å². The summed E-state index contributed by atoms with van der Waals surface area (Å²) in [6, 6.07) is 25.4. The summed E-state index contributed by atoms with van der Waals surface area (Å²) >= 11 is 0. The molecule has 3 aromatic carbocycles. The molecule has 208 valence electrons. The third kappa shape index (κ3) is 5.64. The molecule has 1 unspecified atom stereocenters. The first kappa shape index (κ1) is 26.5. The van der Waals surface area contributed by atoms with Crippen molar-refractivity contribution in [1.82, 2.24) is 15.3 Å². The number of pyridine rings is 1. The molecule has 0 spiro atoms. The van der Waals surface area contributed by atoms with E-state index in [4.69, 9.17) is 10.5 Å². The van der Waals surface area contributed by atoms with Gasteiger partial charge in [-0.3, -0.25) is 9.78 Å². The Balaban J connectivity index is 1.28. The highest BCUT2D eigenvalue weighted by Gasteiger charge is 2.24. The van der Waals surface area contributed by atoms with Crippen molar-refractivity contribution >= 4 is 22.5 Å². The fourth-order valence-electron chi connectivity index (χ4n) is 5.45. The smallest absolute Gasteiger partial charge is 0.252 e. The zero-order chi connectivity index (χ0) is 28.3. The fourth-order valence-corrected chi connectivity index (χ4v) is 5.45. The molecule has 1 amide bonds. The Morgan fingerprint density at radius 1 is 1.05 bits per heavy atom. The van der Waals surface area contributed by atoms with E-state index in [1.807, 2.05) is 42.5 Å². The molecule has 4 N–H and O–H groups in total. The summed E-state index contributed by atoms with van der Waals surface area (Å²) in [4.78, 5) is 23.9. The first-order valence-corrected chi connectivity index (χ1v) is 13.8. The summed E-state index contributed by atoms with van der Waals surface area (Å²) < 4.78 is 20.0. The number of para-hydroxylation sites is 1. The van der Waals surface area contributed by atoms with Gasteiger partial charge in [0.15, 0.2) is 0 Å². The topological polar surface area (TPSA) is 96.3 Å². The van der Waals surface area contributed by atoms with Crippen LogP contribution in [0.2, 0.25) is 0 Å². The predicted molar refractivity (Wildman–Crippen MR) is 160 cm³/mol. The lowest BCUT2D eigenvalue weighted by molar-refractivity contribution is 0.0942. The molecule has 1 aliphatic rings. The number of hydrogen-bond donors (Lipinski definition) is 3. The van der Waals surface area contributed by atoms with Gasteiger partial charge in [0, 0.05) is 58.9 Å². The average molecular weight is 550 g/mol. The van der Waals surface area contributed by atoms with Crippen LogP contribution in [0.1, 0.15) is 40.5 Å². The number of halogens is 1. The first-order chi connectivity index (χ1) is 20.0. The lowest BCUT2D eigenvalue weighted by Gasteiger charge is -2.32. The number of H-pyrrole nitrogens is 1. The number of fused-ring (bicyclic) bond motifs is 1. The minimum Gasteiger partial charge on any atom is -0.496 e. The normalized spacial score (nSPS) is 14.7. The van der Waals surface area contributed by atoms with Gasteiger partial charge in [-0.2, -0.15) is 0 Å². The Bertz CT molecular complexity index is 1640. The van der Waals surface area contributed by atoms with Crippen LogP contribution in [0.3, 0.4) is 0 Å². The van der Waals surface area contributed by atoms with E-state index in [-0.39, 0.29) is 11.9 Å². The number of rotatable bonds is 7. The number of benzene rings is 3. The summed E-state index contributed by atoms with van der Waals surface area (Å²) in [5, 5.41) is 4.09. The molecule has 1 aliphatic heterocycles. The van der Waals surface area contributed by atoms with Crippen LogP contribution in [-0.4, -0.2) is 42.1 Å². The Morgan fingerprint density at radius 3 is 2.59 bits per heavy atom. The molecule has 0 radical (unpaired) electrons. The minimum absolute atomic E-state index is 0.279. The molecule has 1 fully saturated rings. The number of anilines is 1. The van der Waals surface area contributed by atoms with Crippen LogP contribution in [0, 0.1) is 5.82 Å². The van der Waals surface area contributed by atoms with E-state index in [1.54, 1.807) is 24.4 Å². The number of nitrogens with two attached hydrogens (primary N) is 1. The van der Waals surface area contributed by atoms with Crippen molar-refractivity contribution in [3.63, 3.8) is 0 Å². The number of nitrogens with zero attached hydrogens (tertiary/aromatic N) is 2. The van der Waals surface area contributed by atoms with E-state index in [9.17, 15) is 9.18 Å². The van der Waals surface area contributed by atoms with Crippen LogP contribution >= 0.6 is 0 Å². The van der Waals surface area contributed by atoms with Crippen LogP contribution in [0.25, 0.3) is 22.2 Å². The molecule has 3 heterocycles. The quantitative estimate of drug-likeness (QED) is 0.238. The van der Waals surface area contributed by atoms with E-state index in [0.717, 1.165) is 48.1 Å². The largest absolute Gasteiger partial charge is 0.496 e. The molecule has 0 saturated carbocycles. The molecule has 2 aromatic heterocycles. The Morgan fingerprint density at radius 2 is 1.83 bits per heavy atom. The molecule has 0 bridgehead atoms. The maximum atomic E-state index is 14.4. The Kier molecular flexibility index (Phi) is 7.39. The molecule has 8 heteroatoms. The van der Waals surface area contributed by atoms with E-state index in [1.165, 1.54) is 19.2 Å². The van der Waals surface area contributed by atoms with Gasteiger partial charge in [-0.15, -0.1) is 0 Å². The summed E-state index contributed by atoms with van der Waals surface area (Å²) in [5.41, 5.74) is 11.4. The zero-order valence-electron chi connectivity index (χ0n) is 22.8. The number of carbonyl (C=O) groups excluding carboxylic acids is 1. The number of ether oxygens (including phenoxy) is 1. The van der Waals surface area contributed by atoms with Crippen LogP contribution in [0.15, 0.2) is 91.1 Å². The van der Waals surface area contributed by atoms with Crippen molar-refractivity contribution in [1.29, 1.82) is 0 Å². The number of methoxy groups -OCH3 is 1. The monoisotopic (exact) mass is 549 g/mol. The molecular weight excluding hydrogens is 517 g/mol. The van der Waals surface area contributed by atoms with Crippen LogP contribution in [0.5, 0.6) is 5.75 Å². The van der Waals surface area contributed by atoms with Crippen LogP contribution in [-0.2, 0) is 0 Å². The van der Waals surface area contributed by atoms with E-state index in [0.29, 0.717) is 28.3 Å². The van der Waals surface area contributed by atoms with E-state index in [2.05, 4.69) is 32.3 Å². The number of amides is 1. The number of nitrogens with one attached hydrogen (secondary N) is 2. The lowest BCUT2D eigenvalue weighted by atomic mass is 10.0. The maximum absolute atomic E-state index is 14.4. The van der Waals surface area contributed by atoms with Crippen molar-refractivity contribution in [3.05, 3.63) is 114 Å². The summed E-state index contributed by atoms with van der Waals surface area (Å²) in [6.07, 6.45) is 3.60. The molecule has 6 rings (SSSR count). The average Bonchev–Trinajstić information content (AvgIpc) is 3.44. The predicted octanol–water partition coefficient (Wildman–Crippen LogP) is 5.82. The van der Waals surface area contributed by atoms with Gasteiger partial charge in [0.05, 0.1) is 18.8 Å². The van der Waals surface area contributed by atoms with Crippen molar-refractivity contribution in [3.8, 4) is 17.0 Å². The lowest BCUT2D eigenvalue weighted by Crippen LogP contribution is -2.39. The third-order valence-electron chi connectivity index (χ3n) is 7.73. The first-order valence-electron chi connectivity index (χ1n) is 13.8. The third-order valence-corrected chi connectivity index (χ3v) is 7.73. The molecular formula is C33H32FN5O2. The number of carbonyl (C=O) groups is 1. The molecule has 5 aromatic rings. The highest BCUT2D eigenvalue weighted by Crippen LogP contribution is 2.33. The van der Waals surface area contributed by atoms with Crippen LogP contribution in [0.4, 0.5) is 10.1 Å². The fraction of sp³-hybridized carbons (Fsp3) is 0.212. The zero-order valence-corrected chi connectivity index (χ0v) is 22.8. The maximum Gasteiger partial charge on any atom is 0.252 e. The van der Waals surface area contributed by atoms with Crippen molar-refractivity contribution in [2.75, 3.05) is 25.1 Å². The molecule has 7 nitrogen and oxygen atoms in total. The molecule has 41 heavy (non-hydrogen) atoms. The number of aromatic nitrogens is 2. The standard InChI is InChI=1S/C33H32FN5O2/c1-41-31-11-8-24(34)20-27(31)32(30-18-22-4-2-3-5-28(22)37-30)38-33(40)23-12-15-36-29(19-23)21-6-9-26(10-7-21)39-16-13-25(35)14-17-39/h2-12,15,18-20,25,32,37H,13-14,16-17,35H2,1H3,(H,38,40). The van der Waals surface area contributed by atoms with Gasteiger partial charge >= 0.3 is 0 Å². The van der Waals surface area contributed by atoms with Gasteiger partial charge in [0.2, 0.25) is 0 Å². The van der Waals surface area contributed by atoms with Gasteiger partial charge in [0.1, 0.15) is 11.6 Å². The highest BCUT2D eigenvalue weighted by atomic mass is 19.1. The van der Waals surface area contributed by atoms with Crippen molar-refractivity contribution in [2.24, 2.45) is 5.73 Å². The Labute approximate surface area is 238 Å². The van der Waals surface area contributed by atoms with Gasteiger partial charge in [-0.25, -0.2) is 4.39 Å². The second-order valence-electron chi connectivity index (χ2n) is 10.4. The van der Waals surface area contributed by atoms with Gasteiger partial charge < -0.3 is 25.7 Å². The van der Waals surface area contributed by atoms with Crippen LogP contribution < -0.4 is 20.7 Å². The van der Waals surface area contributed by atoms with Crippen molar-refractivity contribution < 1.29 is 13.9 Å². The van der Waals surface area contributed by atoms with Gasteiger partial charge in [-0.05, 0) is 72.8 Å². The van der Waals surface area contributed by atoms with E-state index < -0.39 is 11.9 Å². The molecule has 1 atom stereocenters. The molecule has 0 aliphatic carbocycles. The summed E-state index contributed by atoms with van der Waals surface area (Å²) in [7, 11) is 1.53. The summed E-state index contributed by atoms with van der Waals surface area (Å²) in [6.45, 7) is 1.89. The molecule has 1 saturated heterocycles. The Hall–Kier alpha value is -4.69.